The van der Waals surface area contributed by atoms with E-state index < -0.39 is 11.9 Å². The standard InChI is InChI=1S/C15H18N4O4/c1-9-6-14(23-19-9)18-15(21)10(2)17-11-4-3-5-12(7-11)22-8-13(16)20/h3-7,10,17H,8H2,1-2H3,(H2,16,20)(H,18,21)/t10-/m1/s1. The minimum Gasteiger partial charge on any atom is -0.484 e. The molecular formula is C15H18N4O4. The molecule has 0 spiro atoms. The predicted molar refractivity (Wildman–Crippen MR) is 84.1 cm³/mol. The van der Waals surface area contributed by atoms with Gasteiger partial charge in [-0.25, -0.2) is 0 Å². The molecule has 0 aliphatic carbocycles. The second-order valence-corrected chi connectivity index (χ2v) is 4.97. The number of carbonyl (C=O) groups excluding carboxylic acids is 2. The third kappa shape index (κ3) is 5.03. The molecule has 0 unspecified atom stereocenters. The highest BCUT2D eigenvalue weighted by Crippen LogP contribution is 2.18. The summed E-state index contributed by atoms with van der Waals surface area (Å²) in [5, 5.41) is 9.34. The summed E-state index contributed by atoms with van der Waals surface area (Å²) < 4.78 is 10.1. The lowest BCUT2D eigenvalue weighted by atomic mass is 10.2. The van der Waals surface area contributed by atoms with Gasteiger partial charge in [-0.1, -0.05) is 11.2 Å². The number of benzene rings is 1. The van der Waals surface area contributed by atoms with Gasteiger partial charge in [-0.15, -0.1) is 0 Å². The number of aryl methyl sites for hydroxylation is 1. The van der Waals surface area contributed by atoms with Crippen molar-refractivity contribution < 1.29 is 18.8 Å². The lowest BCUT2D eigenvalue weighted by molar-refractivity contribution is -0.120. The van der Waals surface area contributed by atoms with E-state index in [2.05, 4.69) is 15.8 Å². The summed E-state index contributed by atoms with van der Waals surface area (Å²) in [6.07, 6.45) is 0. The molecule has 2 amide bonds. The molecular weight excluding hydrogens is 300 g/mol. The van der Waals surface area contributed by atoms with E-state index >= 15 is 0 Å². The average molecular weight is 318 g/mol. The second-order valence-electron chi connectivity index (χ2n) is 4.97. The van der Waals surface area contributed by atoms with Gasteiger partial charge in [0.1, 0.15) is 11.8 Å². The van der Waals surface area contributed by atoms with E-state index in [1.54, 1.807) is 44.2 Å². The molecule has 4 N–H and O–H groups in total. The number of primary amides is 1. The monoisotopic (exact) mass is 318 g/mol. The van der Waals surface area contributed by atoms with Crippen molar-refractivity contribution in [1.29, 1.82) is 0 Å². The van der Waals surface area contributed by atoms with Gasteiger partial charge in [-0.05, 0) is 26.0 Å². The van der Waals surface area contributed by atoms with E-state index in [4.69, 9.17) is 15.0 Å². The Labute approximate surface area is 133 Å². The van der Waals surface area contributed by atoms with Crippen molar-refractivity contribution in [2.45, 2.75) is 19.9 Å². The Kier molecular flexibility index (Phi) is 5.19. The van der Waals surface area contributed by atoms with Gasteiger partial charge in [0, 0.05) is 17.8 Å². The summed E-state index contributed by atoms with van der Waals surface area (Å²) in [7, 11) is 0. The summed E-state index contributed by atoms with van der Waals surface area (Å²) in [4.78, 5) is 22.8. The summed E-state index contributed by atoms with van der Waals surface area (Å²) in [5.74, 6) is -0.0602. The number of amides is 2. The first-order valence-corrected chi connectivity index (χ1v) is 6.96. The van der Waals surface area contributed by atoms with Gasteiger partial charge in [0.2, 0.25) is 11.8 Å². The number of nitrogens with zero attached hydrogens (tertiary/aromatic N) is 1. The highest BCUT2D eigenvalue weighted by atomic mass is 16.5. The second kappa shape index (κ2) is 7.30. The van der Waals surface area contributed by atoms with Crippen molar-refractivity contribution in [3.05, 3.63) is 36.0 Å². The Morgan fingerprint density at radius 2 is 2.17 bits per heavy atom. The molecule has 0 fully saturated rings. The first kappa shape index (κ1) is 16.3. The number of hydrogen-bond acceptors (Lipinski definition) is 6. The number of carbonyl (C=O) groups is 2. The first-order valence-electron chi connectivity index (χ1n) is 6.96. The lowest BCUT2D eigenvalue weighted by Crippen LogP contribution is -2.31. The van der Waals surface area contributed by atoms with Gasteiger partial charge in [0.15, 0.2) is 6.61 Å². The molecule has 1 aromatic carbocycles. The third-order valence-electron chi connectivity index (χ3n) is 2.87. The van der Waals surface area contributed by atoms with Crippen LogP contribution in [-0.4, -0.2) is 29.6 Å². The summed E-state index contributed by atoms with van der Waals surface area (Å²) in [6.45, 7) is 3.26. The minimum absolute atomic E-state index is 0.204. The van der Waals surface area contributed by atoms with Crippen LogP contribution < -0.4 is 21.1 Å². The fourth-order valence-electron chi connectivity index (χ4n) is 1.80. The number of nitrogens with one attached hydrogen (secondary N) is 2. The van der Waals surface area contributed by atoms with E-state index in [0.717, 1.165) is 0 Å². The highest BCUT2D eigenvalue weighted by Gasteiger charge is 2.15. The molecule has 0 saturated carbocycles. The molecule has 0 bridgehead atoms. The Balaban J connectivity index is 1.93. The van der Waals surface area contributed by atoms with Gasteiger partial charge in [-0.2, -0.15) is 0 Å². The van der Waals surface area contributed by atoms with Crippen LogP contribution >= 0.6 is 0 Å². The fourth-order valence-corrected chi connectivity index (χ4v) is 1.80. The van der Waals surface area contributed by atoms with Crippen molar-refractivity contribution in [3.8, 4) is 5.75 Å². The predicted octanol–water partition coefficient (Wildman–Crippen LogP) is 1.29. The number of ether oxygens (including phenoxy) is 1. The summed E-state index contributed by atoms with van der Waals surface area (Å²) in [6, 6.07) is 7.99. The number of hydrogen-bond donors (Lipinski definition) is 3. The normalized spacial score (nSPS) is 11.6. The number of aromatic nitrogens is 1. The molecule has 0 radical (unpaired) electrons. The molecule has 8 nitrogen and oxygen atoms in total. The third-order valence-corrected chi connectivity index (χ3v) is 2.87. The van der Waals surface area contributed by atoms with Crippen LogP contribution in [0.25, 0.3) is 0 Å². The van der Waals surface area contributed by atoms with E-state index in [9.17, 15) is 9.59 Å². The summed E-state index contributed by atoms with van der Waals surface area (Å²) >= 11 is 0. The molecule has 2 aromatic rings. The van der Waals surface area contributed by atoms with Crippen LogP contribution in [-0.2, 0) is 9.59 Å². The van der Waals surface area contributed by atoms with Crippen molar-refractivity contribution in [2.24, 2.45) is 5.73 Å². The number of anilines is 2. The quantitative estimate of drug-likeness (QED) is 0.707. The Morgan fingerprint density at radius 3 is 2.83 bits per heavy atom. The summed E-state index contributed by atoms with van der Waals surface area (Å²) in [5.41, 5.74) is 6.38. The van der Waals surface area contributed by atoms with Gasteiger partial charge in [0.25, 0.3) is 5.91 Å². The van der Waals surface area contributed by atoms with Crippen LogP contribution in [0.2, 0.25) is 0 Å². The van der Waals surface area contributed by atoms with E-state index in [-0.39, 0.29) is 12.5 Å². The molecule has 0 aliphatic heterocycles. The van der Waals surface area contributed by atoms with Gasteiger partial charge in [0.05, 0.1) is 5.69 Å². The maximum Gasteiger partial charge on any atom is 0.255 e. The molecule has 0 aliphatic rings. The van der Waals surface area contributed by atoms with Crippen LogP contribution in [0.15, 0.2) is 34.9 Å². The molecule has 1 aromatic heterocycles. The van der Waals surface area contributed by atoms with E-state index in [1.807, 2.05) is 0 Å². The van der Waals surface area contributed by atoms with Crippen molar-refractivity contribution >= 4 is 23.4 Å². The molecule has 0 saturated heterocycles. The maximum absolute atomic E-state index is 12.1. The molecule has 23 heavy (non-hydrogen) atoms. The Hall–Kier alpha value is -3.03. The van der Waals surface area contributed by atoms with Crippen molar-refractivity contribution in [1.82, 2.24) is 5.16 Å². The Morgan fingerprint density at radius 1 is 1.39 bits per heavy atom. The van der Waals surface area contributed by atoms with Gasteiger partial charge < -0.3 is 20.3 Å². The van der Waals surface area contributed by atoms with E-state index in [0.29, 0.717) is 23.0 Å². The zero-order valence-electron chi connectivity index (χ0n) is 12.8. The number of rotatable bonds is 7. The SMILES string of the molecule is Cc1cc(NC(=O)[C@@H](C)Nc2cccc(OCC(N)=O)c2)on1. The lowest BCUT2D eigenvalue weighted by Gasteiger charge is -2.15. The van der Waals surface area contributed by atoms with Gasteiger partial charge >= 0.3 is 0 Å². The minimum atomic E-state index is -0.557. The van der Waals surface area contributed by atoms with E-state index in [1.165, 1.54) is 0 Å². The highest BCUT2D eigenvalue weighted by molar-refractivity contribution is 5.95. The van der Waals surface area contributed by atoms with Crippen LogP contribution in [0, 0.1) is 6.92 Å². The number of nitrogens with two attached hydrogens (primary N) is 1. The smallest absolute Gasteiger partial charge is 0.255 e. The van der Waals surface area contributed by atoms with Crippen molar-refractivity contribution in [3.63, 3.8) is 0 Å². The maximum atomic E-state index is 12.1. The molecule has 8 heteroatoms. The molecule has 1 atom stereocenters. The van der Waals surface area contributed by atoms with Crippen LogP contribution in [0.4, 0.5) is 11.6 Å². The van der Waals surface area contributed by atoms with Crippen LogP contribution in [0.3, 0.4) is 0 Å². The average Bonchev–Trinajstić information content (AvgIpc) is 2.90. The first-order chi connectivity index (χ1) is 10.9. The molecule has 122 valence electrons. The molecule has 2 rings (SSSR count). The van der Waals surface area contributed by atoms with Crippen LogP contribution in [0.5, 0.6) is 5.75 Å². The molecule has 1 heterocycles. The topological polar surface area (TPSA) is 119 Å². The van der Waals surface area contributed by atoms with Gasteiger partial charge in [-0.3, -0.25) is 14.9 Å². The van der Waals surface area contributed by atoms with Crippen molar-refractivity contribution in [2.75, 3.05) is 17.2 Å². The Bertz CT molecular complexity index is 698. The largest absolute Gasteiger partial charge is 0.484 e. The fraction of sp³-hybridized carbons (Fsp3) is 0.267. The van der Waals surface area contributed by atoms with Crippen LogP contribution in [0.1, 0.15) is 12.6 Å². The zero-order chi connectivity index (χ0) is 16.8. The zero-order valence-corrected chi connectivity index (χ0v) is 12.8.